The minimum Gasteiger partial charge on any atom is -0.369 e. The number of amides is 1. The van der Waals surface area contributed by atoms with Gasteiger partial charge in [0, 0.05) is 12.6 Å². The Morgan fingerprint density at radius 2 is 1.85 bits per heavy atom. The van der Waals surface area contributed by atoms with Crippen LogP contribution in [0.25, 0.3) is 11.0 Å². The van der Waals surface area contributed by atoms with Gasteiger partial charge in [0.15, 0.2) is 0 Å². The standard InChI is InChI=1S/C15H20N4O/c1-10(2)19(9-15(16)20)8-14-11(3)17-12-6-4-5-7-13(12)18-14/h4-7,10H,8-9H2,1-3H3,(H2,16,20). The first-order valence-electron chi connectivity index (χ1n) is 6.72. The van der Waals surface area contributed by atoms with Gasteiger partial charge in [0.2, 0.25) is 5.91 Å². The van der Waals surface area contributed by atoms with Crippen LogP contribution in [-0.4, -0.2) is 33.4 Å². The van der Waals surface area contributed by atoms with Crippen molar-refractivity contribution in [3.8, 4) is 0 Å². The highest BCUT2D eigenvalue weighted by molar-refractivity contribution is 5.76. The highest BCUT2D eigenvalue weighted by Crippen LogP contribution is 2.14. The van der Waals surface area contributed by atoms with Crippen molar-refractivity contribution >= 4 is 16.9 Å². The van der Waals surface area contributed by atoms with Crippen LogP contribution in [0.3, 0.4) is 0 Å². The second kappa shape index (κ2) is 5.96. The Labute approximate surface area is 118 Å². The van der Waals surface area contributed by atoms with E-state index in [1.807, 2.05) is 49.9 Å². The fraction of sp³-hybridized carbons (Fsp3) is 0.400. The van der Waals surface area contributed by atoms with E-state index >= 15 is 0 Å². The summed E-state index contributed by atoms with van der Waals surface area (Å²) in [4.78, 5) is 22.4. The van der Waals surface area contributed by atoms with Crippen LogP contribution < -0.4 is 5.73 Å². The molecule has 0 unspecified atom stereocenters. The van der Waals surface area contributed by atoms with Gasteiger partial charge < -0.3 is 5.73 Å². The van der Waals surface area contributed by atoms with Crippen molar-refractivity contribution in [2.24, 2.45) is 5.73 Å². The molecule has 2 aromatic rings. The van der Waals surface area contributed by atoms with Crippen LogP contribution in [0.4, 0.5) is 0 Å². The van der Waals surface area contributed by atoms with Crippen molar-refractivity contribution in [1.29, 1.82) is 0 Å². The number of benzene rings is 1. The van der Waals surface area contributed by atoms with Crippen molar-refractivity contribution < 1.29 is 4.79 Å². The molecule has 0 aliphatic carbocycles. The predicted octanol–water partition coefficient (Wildman–Crippen LogP) is 1.63. The largest absolute Gasteiger partial charge is 0.369 e. The summed E-state index contributed by atoms with van der Waals surface area (Å²) in [5.41, 5.74) is 8.83. The van der Waals surface area contributed by atoms with Gasteiger partial charge in [0.05, 0.1) is 29.0 Å². The molecule has 0 spiro atoms. The monoisotopic (exact) mass is 272 g/mol. The van der Waals surface area contributed by atoms with Crippen molar-refractivity contribution in [1.82, 2.24) is 14.9 Å². The average molecular weight is 272 g/mol. The van der Waals surface area contributed by atoms with Gasteiger partial charge in [-0.3, -0.25) is 9.69 Å². The molecule has 0 saturated carbocycles. The molecular formula is C15H20N4O. The molecule has 0 saturated heterocycles. The SMILES string of the molecule is Cc1nc2ccccc2nc1CN(CC(N)=O)C(C)C. The molecule has 0 fully saturated rings. The van der Waals surface area contributed by atoms with Crippen LogP contribution in [0.5, 0.6) is 0 Å². The van der Waals surface area contributed by atoms with Crippen molar-refractivity contribution in [2.45, 2.75) is 33.4 Å². The van der Waals surface area contributed by atoms with Crippen LogP contribution in [0.2, 0.25) is 0 Å². The highest BCUT2D eigenvalue weighted by atomic mass is 16.1. The number of nitrogens with two attached hydrogens (primary N) is 1. The third-order valence-corrected chi connectivity index (χ3v) is 3.29. The summed E-state index contributed by atoms with van der Waals surface area (Å²) in [5.74, 6) is -0.329. The predicted molar refractivity (Wildman–Crippen MR) is 79.0 cm³/mol. The molecule has 1 heterocycles. The lowest BCUT2D eigenvalue weighted by Crippen LogP contribution is -2.38. The van der Waals surface area contributed by atoms with E-state index < -0.39 is 0 Å². The lowest BCUT2D eigenvalue weighted by Gasteiger charge is -2.25. The molecule has 0 atom stereocenters. The third kappa shape index (κ3) is 3.30. The first-order valence-corrected chi connectivity index (χ1v) is 6.72. The summed E-state index contributed by atoms with van der Waals surface area (Å²) in [6.07, 6.45) is 0. The Kier molecular flexibility index (Phi) is 4.29. The Morgan fingerprint density at radius 3 is 2.40 bits per heavy atom. The molecule has 20 heavy (non-hydrogen) atoms. The zero-order valence-corrected chi connectivity index (χ0v) is 12.1. The second-order valence-corrected chi connectivity index (χ2v) is 5.21. The maximum Gasteiger partial charge on any atom is 0.231 e. The number of aryl methyl sites for hydroxylation is 1. The number of fused-ring (bicyclic) bond motifs is 1. The number of carbonyl (C=O) groups excluding carboxylic acids is 1. The van der Waals surface area contributed by atoms with E-state index in [0.717, 1.165) is 22.4 Å². The first kappa shape index (κ1) is 14.4. The number of hydrogen-bond donors (Lipinski definition) is 1. The highest BCUT2D eigenvalue weighted by Gasteiger charge is 2.15. The van der Waals surface area contributed by atoms with E-state index in [-0.39, 0.29) is 18.5 Å². The number of para-hydroxylation sites is 2. The van der Waals surface area contributed by atoms with E-state index in [2.05, 4.69) is 9.97 Å². The summed E-state index contributed by atoms with van der Waals surface area (Å²) < 4.78 is 0. The zero-order valence-electron chi connectivity index (χ0n) is 12.1. The van der Waals surface area contributed by atoms with Gasteiger partial charge in [0.1, 0.15) is 0 Å². The number of aromatic nitrogens is 2. The minimum atomic E-state index is -0.329. The molecule has 0 radical (unpaired) electrons. The van der Waals surface area contributed by atoms with Crippen LogP contribution >= 0.6 is 0 Å². The van der Waals surface area contributed by atoms with Crippen LogP contribution in [0.1, 0.15) is 25.2 Å². The fourth-order valence-corrected chi connectivity index (χ4v) is 2.09. The summed E-state index contributed by atoms with van der Waals surface area (Å²) in [6.45, 7) is 6.81. The van der Waals surface area contributed by atoms with Crippen molar-refractivity contribution in [3.05, 3.63) is 35.7 Å². The van der Waals surface area contributed by atoms with Gasteiger partial charge in [-0.2, -0.15) is 0 Å². The molecule has 1 amide bonds. The molecule has 0 aliphatic heterocycles. The molecule has 0 aliphatic rings. The fourth-order valence-electron chi connectivity index (χ4n) is 2.09. The Bertz CT molecular complexity index is 624. The second-order valence-electron chi connectivity index (χ2n) is 5.21. The van der Waals surface area contributed by atoms with Gasteiger partial charge in [0.25, 0.3) is 0 Å². The average Bonchev–Trinajstić information content (AvgIpc) is 2.38. The smallest absolute Gasteiger partial charge is 0.231 e. The van der Waals surface area contributed by atoms with Crippen LogP contribution in [-0.2, 0) is 11.3 Å². The molecule has 106 valence electrons. The number of carbonyl (C=O) groups is 1. The van der Waals surface area contributed by atoms with E-state index in [1.54, 1.807) is 0 Å². The van der Waals surface area contributed by atoms with E-state index in [9.17, 15) is 4.79 Å². The molecule has 1 aromatic carbocycles. The van der Waals surface area contributed by atoms with Crippen LogP contribution in [0, 0.1) is 6.92 Å². The number of primary amides is 1. The van der Waals surface area contributed by atoms with Gasteiger partial charge >= 0.3 is 0 Å². The van der Waals surface area contributed by atoms with E-state index in [0.29, 0.717) is 6.54 Å². The molecule has 5 heteroatoms. The molecule has 2 N–H and O–H groups in total. The van der Waals surface area contributed by atoms with Gasteiger partial charge in [-0.1, -0.05) is 12.1 Å². The summed E-state index contributed by atoms with van der Waals surface area (Å²) in [7, 11) is 0. The molecule has 0 bridgehead atoms. The summed E-state index contributed by atoms with van der Waals surface area (Å²) >= 11 is 0. The van der Waals surface area contributed by atoms with Gasteiger partial charge in [-0.15, -0.1) is 0 Å². The topological polar surface area (TPSA) is 72.1 Å². The lowest BCUT2D eigenvalue weighted by molar-refractivity contribution is -0.119. The number of nitrogens with zero attached hydrogens (tertiary/aromatic N) is 3. The third-order valence-electron chi connectivity index (χ3n) is 3.29. The zero-order chi connectivity index (χ0) is 14.7. The normalized spacial score (nSPS) is 11.4. The molecule has 2 rings (SSSR count). The Morgan fingerprint density at radius 1 is 1.25 bits per heavy atom. The number of hydrogen-bond acceptors (Lipinski definition) is 4. The van der Waals surface area contributed by atoms with Crippen LogP contribution in [0.15, 0.2) is 24.3 Å². The number of rotatable bonds is 5. The Balaban J connectivity index is 2.31. The molecular weight excluding hydrogens is 252 g/mol. The summed E-state index contributed by atoms with van der Waals surface area (Å²) in [6, 6.07) is 8.00. The van der Waals surface area contributed by atoms with E-state index in [4.69, 9.17) is 5.73 Å². The van der Waals surface area contributed by atoms with Crippen molar-refractivity contribution in [3.63, 3.8) is 0 Å². The lowest BCUT2D eigenvalue weighted by atomic mass is 10.2. The minimum absolute atomic E-state index is 0.218. The van der Waals surface area contributed by atoms with Gasteiger partial charge in [-0.05, 0) is 32.9 Å². The molecule has 5 nitrogen and oxygen atoms in total. The first-order chi connectivity index (χ1) is 9.47. The maximum absolute atomic E-state index is 11.1. The van der Waals surface area contributed by atoms with E-state index in [1.165, 1.54) is 0 Å². The van der Waals surface area contributed by atoms with Crippen molar-refractivity contribution in [2.75, 3.05) is 6.54 Å². The van der Waals surface area contributed by atoms with Gasteiger partial charge in [-0.25, -0.2) is 9.97 Å². The maximum atomic E-state index is 11.1. The molecule has 1 aromatic heterocycles. The Hall–Kier alpha value is -2.01. The quantitative estimate of drug-likeness (QED) is 0.898. The summed E-state index contributed by atoms with van der Waals surface area (Å²) in [5, 5.41) is 0.